The number of nitrogens with zero attached hydrogens (tertiary/aromatic N) is 3. The van der Waals surface area contributed by atoms with Crippen LogP contribution in [0.1, 0.15) is 34.7 Å². The summed E-state index contributed by atoms with van der Waals surface area (Å²) in [6.45, 7) is 1.12. The fourth-order valence-electron chi connectivity index (χ4n) is 4.24. The molecule has 1 amide bonds. The number of aliphatic hydroxyl groups excluding tert-OH is 1. The highest BCUT2D eigenvalue weighted by molar-refractivity contribution is 5.79. The van der Waals surface area contributed by atoms with Gasteiger partial charge in [-0.25, -0.2) is 9.78 Å². The van der Waals surface area contributed by atoms with Crippen molar-refractivity contribution in [3.05, 3.63) is 71.3 Å². The Bertz CT molecular complexity index is 1020. The summed E-state index contributed by atoms with van der Waals surface area (Å²) in [4.78, 5) is 18.8. The first-order valence-electron chi connectivity index (χ1n) is 9.97. The van der Waals surface area contributed by atoms with Gasteiger partial charge >= 0.3 is 6.09 Å². The van der Waals surface area contributed by atoms with Gasteiger partial charge in [0.25, 0.3) is 0 Å². The number of aromatic nitrogens is 3. The van der Waals surface area contributed by atoms with Crippen molar-refractivity contribution in [3.63, 3.8) is 0 Å². The zero-order chi connectivity index (χ0) is 20.5. The molecule has 0 spiro atoms. The Kier molecular flexibility index (Phi) is 4.94. The number of carbonyl (C=O) groups excluding carboxylic acids is 1. The first-order valence-corrected chi connectivity index (χ1v) is 9.97. The van der Waals surface area contributed by atoms with Crippen LogP contribution < -0.4 is 0 Å². The van der Waals surface area contributed by atoms with E-state index in [1.165, 1.54) is 22.3 Å². The van der Waals surface area contributed by atoms with Crippen LogP contribution in [-0.4, -0.2) is 57.6 Å². The molecule has 1 aromatic heterocycles. The number of aliphatic hydroxyl groups is 1. The number of morpholine rings is 1. The summed E-state index contributed by atoms with van der Waals surface area (Å²) < 4.78 is 11.3. The second-order valence-corrected chi connectivity index (χ2v) is 7.39. The maximum Gasteiger partial charge on any atom is 0.410 e. The second-order valence-electron chi connectivity index (χ2n) is 7.39. The van der Waals surface area contributed by atoms with Crippen LogP contribution in [-0.2, 0) is 16.1 Å². The molecule has 30 heavy (non-hydrogen) atoms. The van der Waals surface area contributed by atoms with Gasteiger partial charge in [0.05, 0.1) is 13.2 Å². The molecule has 2 aliphatic rings. The molecule has 8 heteroatoms. The molecule has 0 radical (unpaired) electrons. The van der Waals surface area contributed by atoms with Crippen LogP contribution in [0, 0.1) is 0 Å². The van der Waals surface area contributed by atoms with E-state index in [0.29, 0.717) is 24.8 Å². The zero-order valence-electron chi connectivity index (χ0n) is 16.3. The Morgan fingerprint density at radius 2 is 1.87 bits per heavy atom. The van der Waals surface area contributed by atoms with Gasteiger partial charge < -0.3 is 14.6 Å². The predicted molar refractivity (Wildman–Crippen MR) is 108 cm³/mol. The molecule has 1 unspecified atom stereocenters. The third kappa shape index (κ3) is 3.24. The highest BCUT2D eigenvalue weighted by atomic mass is 16.6. The molecule has 1 atom stereocenters. The van der Waals surface area contributed by atoms with Gasteiger partial charge in [0.1, 0.15) is 25.1 Å². The minimum Gasteiger partial charge on any atom is -0.448 e. The Balaban J connectivity index is 1.34. The summed E-state index contributed by atoms with van der Waals surface area (Å²) in [5.74, 6) is 0.764. The van der Waals surface area contributed by atoms with Gasteiger partial charge in [-0.2, -0.15) is 5.10 Å². The van der Waals surface area contributed by atoms with Gasteiger partial charge in [-0.1, -0.05) is 48.5 Å². The normalized spacial score (nSPS) is 18.2. The van der Waals surface area contributed by atoms with Crippen molar-refractivity contribution >= 4 is 6.09 Å². The molecule has 2 aromatic carbocycles. The van der Waals surface area contributed by atoms with E-state index in [-0.39, 0.29) is 25.7 Å². The topological polar surface area (TPSA) is 101 Å². The maximum absolute atomic E-state index is 13.0. The van der Waals surface area contributed by atoms with Crippen molar-refractivity contribution in [3.8, 4) is 11.1 Å². The summed E-state index contributed by atoms with van der Waals surface area (Å²) >= 11 is 0. The lowest BCUT2D eigenvalue weighted by atomic mass is 9.98. The Morgan fingerprint density at radius 3 is 2.53 bits per heavy atom. The SMILES string of the molecule is O=C(OCC1c2ccccc2-c2ccccc21)N1CCOCC1c1n[nH]c(CO)n1. The number of aromatic amines is 1. The quantitative estimate of drug-likeness (QED) is 0.691. The minimum absolute atomic E-state index is 0.00495. The van der Waals surface area contributed by atoms with Crippen molar-refractivity contribution in [2.75, 3.05) is 26.4 Å². The predicted octanol–water partition coefficient (Wildman–Crippen LogP) is 2.62. The molecule has 1 aliphatic heterocycles. The van der Waals surface area contributed by atoms with Crippen LogP contribution in [0.15, 0.2) is 48.5 Å². The summed E-state index contributed by atoms with van der Waals surface area (Å²) in [6.07, 6.45) is -0.416. The lowest BCUT2D eigenvalue weighted by Gasteiger charge is -2.33. The molecule has 154 valence electrons. The first-order chi connectivity index (χ1) is 14.8. The Morgan fingerprint density at radius 1 is 1.17 bits per heavy atom. The van der Waals surface area contributed by atoms with Crippen LogP contribution >= 0.6 is 0 Å². The lowest BCUT2D eigenvalue weighted by Crippen LogP contribution is -2.44. The van der Waals surface area contributed by atoms with E-state index in [4.69, 9.17) is 9.47 Å². The van der Waals surface area contributed by atoms with E-state index in [1.54, 1.807) is 4.90 Å². The number of H-pyrrole nitrogens is 1. The van der Waals surface area contributed by atoms with E-state index in [9.17, 15) is 9.90 Å². The monoisotopic (exact) mass is 406 g/mol. The first kappa shape index (κ1) is 18.8. The van der Waals surface area contributed by atoms with Crippen LogP contribution in [0.3, 0.4) is 0 Å². The molecular formula is C22H22N4O4. The number of amides is 1. The number of hydrogen-bond acceptors (Lipinski definition) is 6. The number of nitrogens with one attached hydrogen (secondary N) is 1. The van der Waals surface area contributed by atoms with Crippen molar-refractivity contribution in [2.24, 2.45) is 0 Å². The Hall–Kier alpha value is -3.23. The van der Waals surface area contributed by atoms with Gasteiger partial charge in [-0.3, -0.25) is 10.00 Å². The minimum atomic E-state index is -0.453. The largest absolute Gasteiger partial charge is 0.448 e. The highest BCUT2D eigenvalue weighted by Crippen LogP contribution is 2.44. The maximum atomic E-state index is 13.0. The zero-order valence-corrected chi connectivity index (χ0v) is 16.3. The molecule has 3 aromatic rings. The van der Waals surface area contributed by atoms with Crippen LogP contribution in [0.25, 0.3) is 11.1 Å². The third-order valence-corrected chi connectivity index (χ3v) is 5.70. The highest BCUT2D eigenvalue weighted by Gasteiger charge is 2.34. The molecule has 8 nitrogen and oxygen atoms in total. The van der Waals surface area contributed by atoms with E-state index in [0.717, 1.165) is 0 Å². The lowest BCUT2D eigenvalue weighted by molar-refractivity contribution is -0.0129. The van der Waals surface area contributed by atoms with Gasteiger partial charge in [-0.05, 0) is 22.3 Å². The molecule has 0 saturated carbocycles. The van der Waals surface area contributed by atoms with Gasteiger partial charge in [-0.15, -0.1) is 0 Å². The molecule has 2 heterocycles. The van der Waals surface area contributed by atoms with Gasteiger partial charge in [0.2, 0.25) is 0 Å². The van der Waals surface area contributed by atoms with Crippen molar-refractivity contribution < 1.29 is 19.4 Å². The average Bonchev–Trinajstić information content (AvgIpc) is 3.40. The average molecular weight is 406 g/mol. The summed E-state index contributed by atoms with van der Waals surface area (Å²) in [7, 11) is 0. The molecule has 5 rings (SSSR count). The fraction of sp³-hybridized carbons (Fsp3) is 0.318. The molecule has 2 N–H and O–H groups in total. The number of rotatable bonds is 4. The fourth-order valence-corrected chi connectivity index (χ4v) is 4.24. The molecule has 1 saturated heterocycles. The smallest absolute Gasteiger partial charge is 0.410 e. The van der Waals surface area contributed by atoms with E-state index in [2.05, 4.69) is 39.4 Å². The number of benzene rings is 2. The van der Waals surface area contributed by atoms with Crippen LogP contribution in [0.5, 0.6) is 0 Å². The Labute approximate surface area is 173 Å². The number of hydrogen-bond donors (Lipinski definition) is 2. The number of ether oxygens (including phenoxy) is 2. The van der Waals surface area contributed by atoms with Crippen LogP contribution in [0.4, 0.5) is 4.79 Å². The van der Waals surface area contributed by atoms with Gasteiger partial charge in [0, 0.05) is 12.5 Å². The van der Waals surface area contributed by atoms with Crippen molar-refractivity contribution in [2.45, 2.75) is 18.6 Å². The number of fused-ring (bicyclic) bond motifs is 3. The summed E-state index contributed by atoms with van der Waals surface area (Å²) in [6, 6.07) is 16.0. The van der Waals surface area contributed by atoms with E-state index < -0.39 is 12.1 Å². The molecular weight excluding hydrogens is 384 g/mol. The van der Waals surface area contributed by atoms with E-state index >= 15 is 0 Å². The summed E-state index contributed by atoms with van der Waals surface area (Å²) in [5.41, 5.74) is 4.73. The molecule has 1 fully saturated rings. The standard InChI is InChI=1S/C22H22N4O4/c27-11-20-23-21(25-24-20)19-13-29-10-9-26(19)22(28)30-12-18-16-7-3-1-5-14(16)15-6-2-4-8-17(15)18/h1-8,18-19,27H,9-13H2,(H,23,24,25). The third-order valence-electron chi connectivity index (χ3n) is 5.70. The summed E-state index contributed by atoms with van der Waals surface area (Å²) in [5, 5.41) is 16.0. The molecule has 0 bridgehead atoms. The van der Waals surface area contributed by atoms with Crippen molar-refractivity contribution in [1.82, 2.24) is 20.1 Å². The van der Waals surface area contributed by atoms with Crippen molar-refractivity contribution in [1.29, 1.82) is 0 Å². The second kappa shape index (κ2) is 7.89. The molecule has 1 aliphatic carbocycles. The van der Waals surface area contributed by atoms with E-state index in [1.807, 2.05) is 24.3 Å². The van der Waals surface area contributed by atoms with Crippen LogP contribution in [0.2, 0.25) is 0 Å². The number of carbonyl (C=O) groups is 1. The van der Waals surface area contributed by atoms with Gasteiger partial charge in [0.15, 0.2) is 5.82 Å².